The number of ether oxygens (including phenoxy) is 1. The number of aromatic carboxylic acids is 1. The first kappa shape index (κ1) is 18.9. The number of halogens is 3. The number of rotatable bonds is 8. The Hall–Kier alpha value is -1.43. The Kier molecular flexibility index (Phi) is 7.21. The zero-order valence-electron chi connectivity index (χ0n) is 12.7. The van der Waals surface area contributed by atoms with Crippen molar-refractivity contribution >= 4 is 50.8 Å². The minimum absolute atomic E-state index is 0.245. The van der Waals surface area contributed by atoms with Crippen molar-refractivity contribution in [2.45, 2.75) is 12.8 Å². The van der Waals surface area contributed by atoms with E-state index in [0.29, 0.717) is 34.6 Å². The van der Waals surface area contributed by atoms with Crippen LogP contribution in [0.25, 0.3) is 0 Å². The molecule has 0 saturated heterocycles. The molecule has 0 amide bonds. The number of benzene rings is 2. The summed E-state index contributed by atoms with van der Waals surface area (Å²) in [4.78, 5) is 11.2. The molecule has 2 N–H and O–H groups in total. The van der Waals surface area contributed by atoms with Crippen LogP contribution >= 0.6 is 39.1 Å². The lowest BCUT2D eigenvalue weighted by Crippen LogP contribution is -2.09. The Balaban J connectivity index is 1.75. The first-order valence-corrected chi connectivity index (χ1v) is 8.86. The second-order valence-electron chi connectivity index (χ2n) is 5.08. The summed E-state index contributed by atoms with van der Waals surface area (Å²) in [5, 5.41) is 13.4. The van der Waals surface area contributed by atoms with E-state index in [-0.39, 0.29) is 5.56 Å². The number of hydrogen-bond donors (Lipinski definition) is 2. The number of nitrogens with one attached hydrogen (secondary N) is 1. The van der Waals surface area contributed by atoms with Crippen LogP contribution in [0.1, 0.15) is 23.2 Å². The Morgan fingerprint density at radius 3 is 2.50 bits per heavy atom. The fraction of sp³-hybridized carbons (Fsp3) is 0.235. The number of carbonyl (C=O) groups is 1. The molecule has 128 valence electrons. The van der Waals surface area contributed by atoms with Gasteiger partial charge in [-0.05, 0) is 49.2 Å². The van der Waals surface area contributed by atoms with Gasteiger partial charge in [0.25, 0.3) is 0 Å². The van der Waals surface area contributed by atoms with Gasteiger partial charge in [0.05, 0.1) is 12.2 Å². The number of carboxylic acid groups (broad SMARTS) is 1. The van der Waals surface area contributed by atoms with E-state index in [0.717, 1.165) is 17.3 Å². The van der Waals surface area contributed by atoms with Gasteiger partial charge in [-0.25, -0.2) is 4.79 Å². The fourth-order valence-electron chi connectivity index (χ4n) is 2.10. The molecular weight excluding hydrogens is 417 g/mol. The molecule has 24 heavy (non-hydrogen) atoms. The molecule has 0 aromatic heterocycles. The smallest absolute Gasteiger partial charge is 0.337 e. The highest BCUT2D eigenvalue weighted by Gasteiger charge is 2.09. The quantitative estimate of drug-likeness (QED) is 0.523. The predicted molar refractivity (Wildman–Crippen MR) is 101 cm³/mol. The van der Waals surface area contributed by atoms with Gasteiger partial charge in [0.15, 0.2) is 0 Å². The summed E-state index contributed by atoms with van der Waals surface area (Å²) in [5.41, 5.74) is 0.849. The lowest BCUT2D eigenvalue weighted by molar-refractivity contribution is 0.0698. The van der Waals surface area contributed by atoms with E-state index in [9.17, 15) is 9.90 Å². The van der Waals surface area contributed by atoms with Crippen LogP contribution in [0.4, 0.5) is 5.69 Å². The second-order valence-corrected chi connectivity index (χ2v) is 6.87. The van der Waals surface area contributed by atoms with E-state index < -0.39 is 5.97 Å². The Morgan fingerprint density at radius 1 is 1.12 bits per heavy atom. The Morgan fingerprint density at radius 2 is 1.83 bits per heavy atom. The van der Waals surface area contributed by atoms with E-state index in [1.54, 1.807) is 36.4 Å². The second kappa shape index (κ2) is 9.16. The Bertz CT molecular complexity index is 705. The SMILES string of the molecule is O=C(O)c1cc(Br)ccc1NCCCCOc1cc(Cl)cc(Cl)c1. The van der Waals surface area contributed by atoms with Crippen molar-refractivity contribution in [3.8, 4) is 5.75 Å². The highest BCUT2D eigenvalue weighted by atomic mass is 79.9. The van der Waals surface area contributed by atoms with Gasteiger partial charge in [-0.1, -0.05) is 39.1 Å². The van der Waals surface area contributed by atoms with Crippen LogP contribution in [-0.2, 0) is 0 Å². The van der Waals surface area contributed by atoms with Crippen molar-refractivity contribution in [1.82, 2.24) is 0 Å². The average molecular weight is 433 g/mol. The summed E-state index contributed by atoms with van der Waals surface area (Å²) in [5.74, 6) is -0.318. The molecule has 4 nitrogen and oxygen atoms in total. The van der Waals surface area contributed by atoms with E-state index >= 15 is 0 Å². The lowest BCUT2D eigenvalue weighted by Gasteiger charge is -2.11. The molecule has 0 bridgehead atoms. The van der Waals surface area contributed by atoms with Crippen molar-refractivity contribution in [3.05, 3.63) is 56.5 Å². The number of anilines is 1. The average Bonchev–Trinajstić information content (AvgIpc) is 2.50. The lowest BCUT2D eigenvalue weighted by atomic mass is 10.1. The molecule has 0 atom stereocenters. The third-order valence-electron chi connectivity index (χ3n) is 3.20. The maximum atomic E-state index is 11.2. The van der Waals surface area contributed by atoms with E-state index in [1.165, 1.54) is 0 Å². The van der Waals surface area contributed by atoms with E-state index in [2.05, 4.69) is 21.2 Å². The number of unbranched alkanes of at least 4 members (excludes halogenated alkanes) is 1. The van der Waals surface area contributed by atoms with Gasteiger partial charge in [0, 0.05) is 26.8 Å². The summed E-state index contributed by atoms with van der Waals surface area (Å²) in [7, 11) is 0. The molecule has 0 fully saturated rings. The molecule has 0 aliphatic carbocycles. The molecular formula is C17H16BrCl2NO3. The van der Waals surface area contributed by atoms with Gasteiger partial charge in [0.2, 0.25) is 0 Å². The van der Waals surface area contributed by atoms with Crippen LogP contribution in [0.15, 0.2) is 40.9 Å². The molecule has 0 aliphatic rings. The number of carboxylic acids is 1. The zero-order valence-corrected chi connectivity index (χ0v) is 15.8. The van der Waals surface area contributed by atoms with Crippen molar-refractivity contribution in [3.63, 3.8) is 0 Å². The summed E-state index contributed by atoms with van der Waals surface area (Å²) < 4.78 is 6.34. The minimum atomic E-state index is -0.958. The largest absolute Gasteiger partial charge is 0.493 e. The first-order valence-electron chi connectivity index (χ1n) is 7.31. The van der Waals surface area contributed by atoms with Crippen LogP contribution in [0.3, 0.4) is 0 Å². The summed E-state index contributed by atoms with van der Waals surface area (Å²) in [6.45, 7) is 1.19. The van der Waals surface area contributed by atoms with Crippen LogP contribution in [0.2, 0.25) is 10.0 Å². The van der Waals surface area contributed by atoms with E-state index in [1.807, 2.05) is 0 Å². The highest BCUT2D eigenvalue weighted by Crippen LogP contribution is 2.24. The normalized spacial score (nSPS) is 10.5. The maximum absolute atomic E-state index is 11.2. The molecule has 0 heterocycles. The van der Waals surface area contributed by atoms with Gasteiger partial charge in [-0.3, -0.25) is 0 Å². The third-order valence-corrected chi connectivity index (χ3v) is 4.13. The molecule has 0 spiro atoms. The van der Waals surface area contributed by atoms with Gasteiger partial charge in [-0.15, -0.1) is 0 Å². The van der Waals surface area contributed by atoms with Crippen molar-refractivity contribution in [2.24, 2.45) is 0 Å². The van der Waals surface area contributed by atoms with Gasteiger partial charge in [-0.2, -0.15) is 0 Å². The van der Waals surface area contributed by atoms with Crippen molar-refractivity contribution in [2.75, 3.05) is 18.5 Å². The van der Waals surface area contributed by atoms with Crippen LogP contribution < -0.4 is 10.1 Å². The molecule has 2 aromatic carbocycles. The molecule has 2 aromatic rings. The summed E-state index contributed by atoms with van der Waals surface area (Å²) in [6.07, 6.45) is 1.65. The minimum Gasteiger partial charge on any atom is -0.493 e. The summed E-state index contributed by atoms with van der Waals surface area (Å²) in [6, 6.07) is 10.2. The highest BCUT2D eigenvalue weighted by molar-refractivity contribution is 9.10. The standard InChI is InChI=1S/C17H16BrCl2NO3/c18-11-3-4-16(15(7-11)17(22)23)21-5-1-2-6-24-14-9-12(19)8-13(20)10-14/h3-4,7-10,21H,1-2,5-6H2,(H,22,23). The number of hydrogen-bond acceptors (Lipinski definition) is 3. The molecule has 0 aliphatic heterocycles. The summed E-state index contributed by atoms with van der Waals surface area (Å²) >= 11 is 15.1. The van der Waals surface area contributed by atoms with Crippen LogP contribution in [0.5, 0.6) is 5.75 Å². The van der Waals surface area contributed by atoms with Crippen molar-refractivity contribution in [1.29, 1.82) is 0 Å². The predicted octanol–water partition coefficient (Wildman–Crippen LogP) is 5.73. The molecule has 2 rings (SSSR count). The van der Waals surface area contributed by atoms with Crippen LogP contribution in [-0.4, -0.2) is 24.2 Å². The molecule has 7 heteroatoms. The molecule has 0 saturated carbocycles. The zero-order chi connectivity index (χ0) is 17.5. The first-order chi connectivity index (χ1) is 11.5. The topological polar surface area (TPSA) is 58.6 Å². The maximum Gasteiger partial charge on any atom is 0.337 e. The van der Waals surface area contributed by atoms with Crippen LogP contribution in [0, 0.1) is 0 Å². The fourth-order valence-corrected chi connectivity index (χ4v) is 2.97. The van der Waals surface area contributed by atoms with E-state index in [4.69, 9.17) is 27.9 Å². The molecule has 0 unspecified atom stereocenters. The van der Waals surface area contributed by atoms with Crippen molar-refractivity contribution < 1.29 is 14.6 Å². The Labute approximate surface area is 158 Å². The third kappa shape index (κ3) is 5.89. The monoisotopic (exact) mass is 431 g/mol. The van der Waals surface area contributed by atoms with Gasteiger partial charge in [0.1, 0.15) is 5.75 Å². The molecule has 0 radical (unpaired) electrons. The van der Waals surface area contributed by atoms with Gasteiger partial charge >= 0.3 is 5.97 Å². The van der Waals surface area contributed by atoms with Gasteiger partial charge < -0.3 is 15.2 Å².